The predicted molar refractivity (Wildman–Crippen MR) is 130 cm³/mol. The summed E-state index contributed by atoms with van der Waals surface area (Å²) in [5.74, 6) is 1.86. The van der Waals surface area contributed by atoms with E-state index in [-0.39, 0.29) is 12.3 Å². The Morgan fingerprint density at radius 2 is 1.92 bits per heavy atom. The second-order valence-electron chi connectivity index (χ2n) is 8.30. The number of hydrogen-bond acceptors (Lipinski definition) is 7. The van der Waals surface area contributed by atoms with Gasteiger partial charge >= 0.3 is 17.8 Å². The zero-order chi connectivity index (χ0) is 27.8. The molecule has 4 rings (SSSR count). The maximum atomic E-state index is 13.2. The fourth-order valence-corrected chi connectivity index (χ4v) is 3.81. The van der Waals surface area contributed by atoms with Gasteiger partial charge in [0.25, 0.3) is 5.56 Å². The lowest BCUT2D eigenvalue weighted by molar-refractivity contribution is -0.149. The van der Waals surface area contributed by atoms with Crippen LogP contribution in [0.25, 0.3) is 27.9 Å². The maximum absolute atomic E-state index is 13.2. The molecule has 0 spiro atoms. The third kappa shape index (κ3) is 4.90. The van der Waals surface area contributed by atoms with Crippen molar-refractivity contribution in [3.63, 3.8) is 0 Å². The van der Waals surface area contributed by atoms with Crippen LogP contribution in [0.15, 0.2) is 56.6 Å². The molecule has 0 aliphatic rings. The Bertz CT molecular complexity index is 1710. The zero-order valence-electron chi connectivity index (χ0n) is 20.3. The van der Waals surface area contributed by atoms with Crippen LogP contribution in [0.4, 0.5) is 13.2 Å². The van der Waals surface area contributed by atoms with Crippen LogP contribution in [-0.2, 0) is 22.8 Å². The molecular formula is C26H20F3N3O6. The van der Waals surface area contributed by atoms with Gasteiger partial charge in [-0.05, 0) is 49.7 Å². The second kappa shape index (κ2) is 9.93. The Balaban J connectivity index is 1.78. The van der Waals surface area contributed by atoms with E-state index in [1.54, 1.807) is 25.1 Å². The van der Waals surface area contributed by atoms with Gasteiger partial charge in [0.15, 0.2) is 18.3 Å². The Hall–Kier alpha value is -4.79. The van der Waals surface area contributed by atoms with E-state index >= 15 is 0 Å². The van der Waals surface area contributed by atoms with Crippen LogP contribution in [0.3, 0.4) is 0 Å². The molecule has 0 aliphatic carbocycles. The number of carbonyl (C=O) groups is 1. The summed E-state index contributed by atoms with van der Waals surface area (Å²) in [7, 11) is 0.933. The minimum atomic E-state index is -4.88. The highest BCUT2D eigenvalue weighted by Gasteiger charge is 2.35. The molecule has 0 bridgehead atoms. The Kier molecular flexibility index (Phi) is 6.87. The standard InChI is InChI=1S/C26H20F3N3O6/c1-5-10-36-24(34)15(3)37-17-8-6-14(2)18(12-17)23-19-11-16(7-9-20(19)38-30-23)32-22(33)13-21(26(27,28)29)31(4)25(32)35/h1,6-9,11-13,15H,10H2,2-4H3. The van der Waals surface area contributed by atoms with Gasteiger partial charge in [0.1, 0.15) is 17.1 Å². The molecule has 4 aromatic rings. The molecule has 2 aromatic carbocycles. The number of terminal acetylenes is 1. The van der Waals surface area contributed by atoms with Gasteiger partial charge in [-0.2, -0.15) is 13.2 Å². The first-order valence-electron chi connectivity index (χ1n) is 11.1. The Labute approximate surface area is 213 Å². The van der Waals surface area contributed by atoms with E-state index in [0.29, 0.717) is 43.2 Å². The van der Waals surface area contributed by atoms with Gasteiger partial charge in [-0.1, -0.05) is 17.1 Å². The van der Waals surface area contributed by atoms with E-state index < -0.39 is 35.2 Å². The van der Waals surface area contributed by atoms with Crippen molar-refractivity contribution in [2.75, 3.05) is 6.61 Å². The topological polar surface area (TPSA) is 106 Å². The average Bonchev–Trinajstić information content (AvgIpc) is 3.28. The predicted octanol–water partition coefficient (Wildman–Crippen LogP) is 3.62. The number of benzene rings is 2. The van der Waals surface area contributed by atoms with Crippen LogP contribution in [-0.4, -0.2) is 33.0 Å². The zero-order valence-corrected chi connectivity index (χ0v) is 20.3. The Morgan fingerprint density at radius 3 is 2.61 bits per heavy atom. The first-order chi connectivity index (χ1) is 17.9. The van der Waals surface area contributed by atoms with Crippen molar-refractivity contribution in [3.05, 3.63) is 74.6 Å². The maximum Gasteiger partial charge on any atom is 0.431 e. The van der Waals surface area contributed by atoms with Gasteiger partial charge in [0.2, 0.25) is 0 Å². The van der Waals surface area contributed by atoms with Crippen LogP contribution < -0.4 is 16.0 Å². The summed E-state index contributed by atoms with van der Waals surface area (Å²) in [5.41, 5.74) is -1.72. The van der Waals surface area contributed by atoms with E-state index in [0.717, 1.165) is 12.6 Å². The first kappa shape index (κ1) is 26.3. The average molecular weight is 527 g/mol. The summed E-state index contributed by atoms with van der Waals surface area (Å²) in [6.45, 7) is 3.10. The van der Waals surface area contributed by atoms with Crippen molar-refractivity contribution >= 4 is 16.9 Å². The monoisotopic (exact) mass is 527 g/mol. The molecular weight excluding hydrogens is 507 g/mol. The van der Waals surface area contributed by atoms with E-state index in [9.17, 15) is 27.6 Å². The molecule has 196 valence electrons. The highest BCUT2D eigenvalue weighted by Crippen LogP contribution is 2.34. The molecule has 38 heavy (non-hydrogen) atoms. The second-order valence-corrected chi connectivity index (χ2v) is 8.30. The molecule has 0 aliphatic heterocycles. The van der Waals surface area contributed by atoms with E-state index in [1.807, 2.05) is 0 Å². The Morgan fingerprint density at radius 1 is 1.18 bits per heavy atom. The fourth-order valence-electron chi connectivity index (χ4n) is 3.81. The number of carbonyl (C=O) groups excluding carboxylic acids is 1. The van der Waals surface area contributed by atoms with Crippen molar-refractivity contribution in [2.45, 2.75) is 26.1 Å². The van der Waals surface area contributed by atoms with Crippen molar-refractivity contribution in [2.24, 2.45) is 7.05 Å². The third-order valence-corrected chi connectivity index (χ3v) is 5.73. The summed E-state index contributed by atoms with van der Waals surface area (Å²) in [4.78, 5) is 37.3. The number of aromatic nitrogens is 3. The van der Waals surface area contributed by atoms with Crippen LogP contribution in [0.2, 0.25) is 0 Å². The van der Waals surface area contributed by atoms with Gasteiger partial charge in [-0.15, -0.1) is 6.42 Å². The normalized spacial score (nSPS) is 12.2. The number of rotatable bonds is 6. The van der Waals surface area contributed by atoms with Gasteiger partial charge in [0, 0.05) is 18.7 Å². The molecule has 0 radical (unpaired) electrons. The van der Waals surface area contributed by atoms with Crippen LogP contribution >= 0.6 is 0 Å². The summed E-state index contributed by atoms with van der Waals surface area (Å²) < 4.78 is 56.6. The molecule has 2 heterocycles. The number of esters is 1. The largest absolute Gasteiger partial charge is 0.479 e. The summed E-state index contributed by atoms with van der Waals surface area (Å²) >= 11 is 0. The number of hydrogen-bond donors (Lipinski definition) is 0. The molecule has 0 N–H and O–H groups in total. The number of halogens is 3. The highest BCUT2D eigenvalue weighted by molar-refractivity contribution is 5.93. The summed E-state index contributed by atoms with van der Waals surface area (Å²) in [5, 5.41) is 4.49. The lowest BCUT2D eigenvalue weighted by Gasteiger charge is -2.15. The minimum Gasteiger partial charge on any atom is -0.479 e. The molecule has 0 saturated heterocycles. The molecule has 0 fully saturated rings. The first-order valence-corrected chi connectivity index (χ1v) is 11.1. The molecule has 1 atom stereocenters. The van der Waals surface area contributed by atoms with Crippen molar-refractivity contribution in [3.8, 4) is 35.0 Å². The van der Waals surface area contributed by atoms with Gasteiger partial charge in [-0.3, -0.25) is 9.36 Å². The lowest BCUT2D eigenvalue weighted by Crippen LogP contribution is -2.40. The highest BCUT2D eigenvalue weighted by atomic mass is 19.4. The summed E-state index contributed by atoms with van der Waals surface area (Å²) in [6.07, 6.45) is -0.739. The van der Waals surface area contributed by atoms with Gasteiger partial charge in [0.05, 0.1) is 11.1 Å². The van der Waals surface area contributed by atoms with E-state index in [1.165, 1.54) is 25.1 Å². The molecule has 9 nitrogen and oxygen atoms in total. The van der Waals surface area contributed by atoms with Crippen molar-refractivity contribution in [1.82, 2.24) is 14.3 Å². The molecule has 1 unspecified atom stereocenters. The van der Waals surface area contributed by atoms with Crippen molar-refractivity contribution < 1.29 is 32.0 Å². The third-order valence-electron chi connectivity index (χ3n) is 5.73. The lowest BCUT2D eigenvalue weighted by atomic mass is 10.0. The van der Waals surface area contributed by atoms with Gasteiger partial charge in [-0.25, -0.2) is 14.2 Å². The fraction of sp³-hybridized carbons (Fsp3) is 0.231. The molecule has 12 heteroatoms. The van der Waals surface area contributed by atoms with Gasteiger partial charge < -0.3 is 14.0 Å². The SMILES string of the molecule is C#CCOC(=O)C(C)Oc1ccc(C)c(-c2noc3ccc(-n4c(=O)cc(C(F)(F)F)n(C)c4=O)cc23)c1. The number of ether oxygens (including phenoxy) is 2. The molecule has 2 aromatic heterocycles. The quantitative estimate of drug-likeness (QED) is 0.279. The number of fused-ring (bicyclic) bond motifs is 1. The number of nitrogens with zero attached hydrogens (tertiary/aromatic N) is 3. The minimum absolute atomic E-state index is 0.0243. The van der Waals surface area contributed by atoms with Crippen LogP contribution in [0.5, 0.6) is 5.75 Å². The van der Waals surface area contributed by atoms with E-state index in [2.05, 4.69) is 11.1 Å². The summed E-state index contributed by atoms with van der Waals surface area (Å²) in [6, 6.07) is 9.58. The van der Waals surface area contributed by atoms with Crippen molar-refractivity contribution in [1.29, 1.82) is 0 Å². The van der Waals surface area contributed by atoms with Crippen LogP contribution in [0.1, 0.15) is 18.2 Å². The number of alkyl halides is 3. The smallest absolute Gasteiger partial charge is 0.431 e. The molecule has 0 amide bonds. The van der Waals surface area contributed by atoms with E-state index in [4.69, 9.17) is 20.4 Å². The molecule has 0 saturated carbocycles. The van der Waals surface area contributed by atoms with Crippen LogP contribution in [0, 0.1) is 19.3 Å². The number of aryl methyl sites for hydroxylation is 1.